The van der Waals surface area contributed by atoms with Crippen LogP contribution in [0.4, 0.5) is 0 Å². The summed E-state index contributed by atoms with van der Waals surface area (Å²) in [6, 6.07) is 0.765. The molecule has 96 valence electrons. The van der Waals surface area contributed by atoms with Gasteiger partial charge in [0.25, 0.3) is 0 Å². The summed E-state index contributed by atoms with van der Waals surface area (Å²) < 4.78 is 10.9. The molecule has 1 aliphatic rings. The van der Waals surface area contributed by atoms with E-state index in [9.17, 15) is 0 Å². The van der Waals surface area contributed by atoms with Crippen molar-refractivity contribution in [2.75, 3.05) is 13.7 Å². The fourth-order valence-electron chi connectivity index (χ4n) is 1.52. The van der Waals surface area contributed by atoms with Crippen molar-refractivity contribution in [1.82, 2.24) is 15.5 Å². The van der Waals surface area contributed by atoms with Crippen LogP contribution in [0.5, 0.6) is 0 Å². The van der Waals surface area contributed by atoms with E-state index in [1.165, 1.54) is 12.8 Å². The molecule has 5 nitrogen and oxygen atoms in total. The van der Waals surface area contributed by atoms with Gasteiger partial charge in [0.05, 0.1) is 0 Å². The number of nitrogens with zero attached hydrogens (tertiary/aromatic N) is 2. The molecule has 0 aliphatic heterocycles. The predicted octanol–water partition coefficient (Wildman–Crippen LogP) is 1.64. The average Bonchev–Trinajstić information content (AvgIpc) is 3.01. The topological polar surface area (TPSA) is 60.2 Å². The van der Waals surface area contributed by atoms with Crippen LogP contribution in [0.15, 0.2) is 4.42 Å². The van der Waals surface area contributed by atoms with Crippen LogP contribution >= 0.6 is 0 Å². The third-order valence-corrected chi connectivity index (χ3v) is 3.07. The lowest BCUT2D eigenvalue weighted by atomic mass is 10.1. The highest BCUT2D eigenvalue weighted by Gasteiger charge is 2.26. The Kier molecular flexibility index (Phi) is 3.79. The van der Waals surface area contributed by atoms with Crippen molar-refractivity contribution in [1.29, 1.82) is 0 Å². The monoisotopic (exact) mass is 239 g/mol. The van der Waals surface area contributed by atoms with Crippen LogP contribution < -0.4 is 5.32 Å². The van der Waals surface area contributed by atoms with Crippen molar-refractivity contribution in [3.63, 3.8) is 0 Å². The molecule has 0 radical (unpaired) electrons. The van der Waals surface area contributed by atoms with Gasteiger partial charge < -0.3 is 14.5 Å². The number of nitrogens with one attached hydrogen (secondary N) is 1. The van der Waals surface area contributed by atoms with Gasteiger partial charge in [0.1, 0.15) is 5.60 Å². The van der Waals surface area contributed by atoms with Crippen molar-refractivity contribution in [3.8, 4) is 0 Å². The maximum atomic E-state index is 5.59. The Morgan fingerprint density at radius 3 is 2.82 bits per heavy atom. The Bertz CT molecular complexity index is 358. The van der Waals surface area contributed by atoms with Gasteiger partial charge in [-0.05, 0) is 39.7 Å². The largest absolute Gasteiger partial charge is 0.422 e. The van der Waals surface area contributed by atoms with Crippen molar-refractivity contribution in [2.45, 2.75) is 51.2 Å². The summed E-state index contributed by atoms with van der Waals surface area (Å²) in [5.41, 5.74) is -0.502. The molecule has 1 aromatic heterocycles. The van der Waals surface area contributed by atoms with Gasteiger partial charge in [-0.1, -0.05) is 0 Å². The van der Waals surface area contributed by atoms with Gasteiger partial charge in [-0.15, -0.1) is 10.2 Å². The molecule has 2 rings (SSSR count). The molecule has 0 spiro atoms. The summed E-state index contributed by atoms with van der Waals surface area (Å²) in [5, 5.41) is 11.5. The molecule has 1 N–H and O–H groups in total. The third-order valence-electron chi connectivity index (χ3n) is 3.07. The second-order valence-corrected chi connectivity index (χ2v) is 5.05. The smallest absolute Gasteiger partial charge is 0.247 e. The van der Waals surface area contributed by atoms with Crippen LogP contribution in [-0.2, 0) is 16.8 Å². The minimum atomic E-state index is -0.502. The SMILES string of the molecule is COC(C)(C)c1nnc(CCCNC2CC2)o1. The molecule has 1 heterocycles. The third kappa shape index (κ3) is 3.51. The van der Waals surface area contributed by atoms with Crippen LogP contribution in [0.1, 0.15) is 44.9 Å². The van der Waals surface area contributed by atoms with E-state index in [0.29, 0.717) is 11.8 Å². The first kappa shape index (κ1) is 12.5. The zero-order valence-electron chi connectivity index (χ0n) is 10.8. The lowest BCUT2D eigenvalue weighted by Gasteiger charge is -2.17. The van der Waals surface area contributed by atoms with Crippen LogP contribution in [0, 0.1) is 0 Å². The highest BCUT2D eigenvalue weighted by Crippen LogP contribution is 2.22. The number of rotatable bonds is 7. The number of aryl methyl sites for hydroxylation is 1. The number of methoxy groups -OCH3 is 1. The minimum Gasteiger partial charge on any atom is -0.422 e. The Balaban J connectivity index is 1.76. The van der Waals surface area contributed by atoms with Crippen molar-refractivity contribution in [2.24, 2.45) is 0 Å². The lowest BCUT2D eigenvalue weighted by molar-refractivity contribution is -0.00453. The van der Waals surface area contributed by atoms with Crippen LogP contribution in [0.3, 0.4) is 0 Å². The van der Waals surface area contributed by atoms with Crippen molar-refractivity contribution in [3.05, 3.63) is 11.8 Å². The molecule has 0 aromatic carbocycles. The van der Waals surface area contributed by atoms with Gasteiger partial charge in [0.2, 0.25) is 11.8 Å². The van der Waals surface area contributed by atoms with E-state index < -0.39 is 5.60 Å². The molecule has 1 aromatic rings. The maximum Gasteiger partial charge on any atom is 0.247 e. The fraction of sp³-hybridized carbons (Fsp3) is 0.833. The normalized spacial score (nSPS) is 16.4. The molecule has 0 saturated heterocycles. The van der Waals surface area contributed by atoms with Crippen molar-refractivity contribution >= 4 is 0 Å². The van der Waals surface area contributed by atoms with Crippen LogP contribution in [-0.4, -0.2) is 29.9 Å². The summed E-state index contributed by atoms with van der Waals surface area (Å²) >= 11 is 0. The maximum absolute atomic E-state index is 5.59. The highest BCUT2D eigenvalue weighted by atomic mass is 16.5. The molecule has 1 aliphatic carbocycles. The first-order valence-corrected chi connectivity index (χ1v) is 6.23. The van der Waals surface area contributed by atoms with E-state index in [1.807, 2.05) is 13.8 Å². The first-order valence-electron chi connectivity index (χ1n) is 6.23. The molecule has 1 saturated carbocycles. The van der Waals surface area contributed by atoms with E-state index in [1.54, 1.807) is 7.11 Å². The van der Waals surface area contributed by atoms with Gasteiger partial charge in [0.15, 0.2) is 0 Å². The Hall–Kier alpha value is -0.940. The van der Waals surface area contributed by atoms with Crippen LogP contribution in [0.25, 0.3) is 0 Å². The van der Waals surface area contributed by atoms with Gasteiger partial charge in [-0.3, -0.25) is 0 Å². The zero-order chi connectivity index (χ0) is 12.3. The average molecular weight is 239 g/mol. The lowest BCUT2D eigenvalue weighted by Crippen LogP contribution is -2.19. The number of aromatic nitrogens is 2. The Morgan fingerprint density at radius 2 is 2.18 bits per heavy atom. The predicted molar refractivity (Wildman–Crippen MR) is 63.7 cm³/mol. The minimum absolute atomic E-state index is 0.502. The molecule has 17 heavy (non-hydrogen) atoms. The van der Waals surface area contributed by atoms with Crippen molar-refractivity contribution < 1.29 is 9.15 Å². The summed E-state index contributed by atoms with van der Waals surface area (Å²) in [6.45, 7) is 4.86. The Labute approximate surface area is 102 Å². The van der Waals surface area contributed by atoms with E-state index >= 15 is 0 Å². The highest BCUT2D eigenvalue weighted by molar-refractivity contribution is 4.93. The summed E-state index contributed by atoms with van der Waals surface area (Å²) in [4.78, 5) is 0. The molecule has 0 bridgehead atoms. The number of ether oxygens (including phenoxy) is 1. The molecule has 1 fully saturated rings. The fourth-order valence-corrected chi connectivity index (χ4v) is 1.52. The summed E-state index contributed by atoms with van der Waals surface area (Å²) in [6.07, 6.45) is 4.51. The standard InChI is InChI=1S/C12H21N3O2/c1-12(2,16-3)11-15-14-10(17-11)5-4-8-13-9-6-7-9/h9,13H,4-8H2,1-3H3. The molecule has 5 heteroatoms. The van der Waals surface area contributed by atoms with E-state index in [4.69, 9.17) is 9.15 Å². The van der Waals surface area contributed by atoms with Gasteiger partial charge in [0, 0.05) is 19.6 Å². The van der Waals surface area contributed by atoms with Gasteiger partial charge in [-0.2, -0.15) is 0 Å². The first-order chi connectivity index (χ1) is 8.12. The van der Waals surface area contributed by atoms with E-state index in [2.05, 4.69) is 15.5 Å². The van der Waals surface area contributed by atoms with Gasteiger partial charge >= 0.3 is 0 Å². The molecular weight excluding hydrogens is 218 g/mol. The molecular formula is C12H21N3O2. The van der Waals surface area contributed by atoms with Gasteiger partial charge in [-0.25, -0.2) is 0 Å². The second-order valence-electron chi connectivity index (χ2n) is 5.05. The molecule has 0 amide bonds. The summed E-state index contributed by atoms with van der Waals surface area (Å²) in [7, 11) is 1.64. The second kappa shape index (κ2) is 5.14. The van der Waals surface area contributed by atoms with E-state index in [0.717, 1.165) is 25.4 Å². The molecule has 0 atom stereocenters. The van der Waals surface area contributed by atoms with E-state index in [-0.39, 0.29) is 0 Å². The quantitative estimate of drug-likeness (QED) is 0.733. The van der Waals surface area contributed by atoms with Crippen LogP contribution in [0.2, 0.25) is 0 Å². The Morgan fingerprint density at radius 1 is 1.41 bits per heavy atom. The zero-order valence-corrected chi connectivity index (χ0v) is 10.8. The number of hydrogen-bond donors (Lipinski definition) is 1. The summed E-state index contributed by atoms with van der Waals surface area (Å²) in [5.74, 6) is 1.24. The number of hydrogen-bond acceptors (Lipinski definition) is 5. The molecule has 0 unspecified atom stereocenters.